The molecule has 1 saturated heterocycles. The van der Waals surface area contributed by atoms with E-state index in [9.17, 15) is 0 Å². The van der Waals surface area contributed by atoms with Gasteiger partial charge in [-0.15, -0.1) is 0 Å². The van der Waals surface area contributed by atoms with E-state index in [1.807, 2.05) is 12.1 Å². The van der Waals surface area contributed by atoms with Crippen molar-refractivity contribution in [1.29, 1.82) is 0 Å². The number of hydrogen-bond donors (Lipinski definition) is 0. The van der Waals surface area contributed by atoms with Crippen molar-refractivity contribution in [3.63, 3.8) is 0 Å². The van der Waals surface area contributed by atoms with Gasteiger partial charge in [-0.3, -0.25) is 4.90 Å². The lowest BCUT2D eigenvalue weighted by atomic mass is 10.1. The summed E-state index contributed by atoms with van der Waals surface area (Å²) >= 11 is 0. The summed E-state index contributed by atoms with van der Waals surface area (Å²) in [4.78, 5) is 5.13. The number of benzene rings is 1. The van der Waals surface area contributed by atoms with E-state index in [0.29, 0.717) is 6.04 Å². The Morgan fingerprint density at radius 2 is 1.68 bits per heavy atom. The maximum absolute atomic E-state index is 5.18. The summed E-state index contributed by atoms with van der Waals surface area (Å²) in [6.45, 7) is 10.6. The fraction of sp³-hybridized carbons (Fsp3) is 0.625. The smallest absolute Gasteiger partial charge is 0.118 e. The van der Waals surface area contributed by atoms with Crippen molar-refractivity contribution >= 4 is 0 Å². The molecule has 1 aliphatic heterocycles. The molecule has 0 saturated carbocycles. The zero-order valence-corrected chi connectivity index (χ0v) is 12.4. The lowest BCUT2D eigenvalue weighted by molar-refractivity contribution is 0.109. The summed E-state index contributed by atoms with van der Waals surface area (Å²) in [5.74, 6) is 0.939. The molecule has 0 aromatic heterocycles. The van der Waals surface area contributed by atoms with Crippen LogP contribution in [-0.4, -0.2) is 55.7 Å². The molecule has 0 bridgehead atoms. The van der Waals surface area contributed by atoms with Gasteiger partial charge in [0.05, 0.1) is 7.11 Å². The average Bonchev–Trinajstić information content (AvgIpc) is 2.46. The summed E-state index contributed by atoms with van der Waals surface area (Å²) in [7, 11) is 1.71. The van der Waals surface area contributed by atoms with Crippen molar-refractivity contribution in [2.45, 2.75) is 26.3 Å². The predicted molar refractivity (Wildman–Crippen MR) is 79.8 cm³/mol. The van der Waals surface area contributed by atoms with Crippen LogP contribution in [-0.2, 0) is 6.42 Å². The summed E-state index contributed by atoms with van der Waals surface area (Å²) in [5.41, 5.74) is 1.40. The van der Waals surface area contributed by atoms with Crippen molar-refractivity contribution in [3.8, 4) is 5.75 Å². The first-order valence-electron chi connectivity index (χ1n) is 7.28. The number of nitrogens with zero attached hydrogens (tertiary/aromatic N) is 2. The average molecular weight is 262 g/mol. The first-order valence-corrected chi connectivity index (χ1v) is 7.28. The van der Waals surface area contributed by atoms with E-state index in [-0.39, 0.29) is 0 Å². The van der Waals surface area contributed by atoms with Crippen LogP contribution < -0.4 is 4.74 Å². The van der Waals surface area contributed by atoms with Gasteiger partial charge in [-0.05, 0) is 38.0 Å². The van der Waals surface area contributed by atoms with Crippen molar-refractivity contribution < 1.29 is 4.74 Å². The van der Waals surface area contributed by atoms with Gasteiger partial charge in [-0.2, -0.15) is 0 Å². The van der Waals surface area contributed by atoms with Gasteiger partial charge in [0.15, 0.2) is 0 Å². The molecule has 1 aliphatic rings. The second-order valence-corrected chi connectivity index (χ2v) is 5.57. The fourth-order valence-corrected chi connectivity index (χ4v) is 2.58. The first-order chi connectivity index (χ1) is 9.19. The topological polar surface area (TPSA) is 15.7 Å². The lowest BCUT2D eigenvalue weighted by Crippen LogP contribution is -2.49. The Morgan fingerprint density at radius 3 is 2.21 bits per heavy atom. The maximum Gasteiger partial charge on any atom is 0.118 e. The van der Waals surface area contributed by atoms with E-state index in [0.717, 1.165) is 18.7 Å². The summed E-state index contributed by atoms with van der Waals surface area (Å²) < 4.78 is 5.18. The fourth-order valence-electron chi connectivity index (χ4n) is 2.58. The molecule has 1 aromatic rings. The zero-order valence-electron chi connectivity index (χ0n) is 12.4. The number of ether oxygens (including phenoxy) is 1. The van der Waals surface area contributed by atoms with E-state index in [1.165, 1.54) is 31.7 Å². The Hall–Kier alpha value is -1.06. The highest BCUT2D eigenvalue weighted by atomic mass is 16.5. The molecule has 0 aliphatic carbocycles. The van der Waals surface area contributed by atoms with Crippen molar-refractivity contribution in [1.82, 2.24) is 9.80 Å². The van der Waals surface area contributed by atoms with Crippen LogP contribution in [0.5, 0.6) is 5.75 Å². The Morgan fingerprint density at radius 1 is 1.05 bits per heavy atom. The number of piperazine rings is 1. The van der Waals surface area contributed by atoms with Crippen molar-refractivity contribution in [2.24, 2.45) is 0 Å². The van der Waals surface area contributed by atoms with Crippen LogP contribution in [0.3, 0.4) is 0 Å². The highest BCUT2D eigenvalue weighted by Crippen LogP contribution is 2.12. The minimum absolute atomic E-state index is 0.684. The van der Waals surface area contributed by atoms with Crippen molar-refractivity contribution in [3.05, 3.63) is 29.8 Å². The monoisotopic (exact) mass is 262 g/mol. The Balaban J connectivity index is 1.74. The third-order valence-electron chi connectivity index (χ3n) is 4.01. The minimum Gasteiger partial charge on any atom is -0.497 e. The quantitative estimate of drug-likeness (QED) is 0.809. The van der Waals surface area contributed by atoms with Crippen LogP contribution in [0.1, 0.15) is 19.4 Å². The van der Waals surface area contributed by atoms with Gasteiger partial charge in [-0.25, -0.2) is 0 Å². The van der Waals surface area contributed by atoms with Gasteiger partial charge in [0.25, 0.3) is 0 Å². The van der Waals surface area contributed by atoms with E-state index in [1.54, 1.807) is 7.11 Å². The van der Waals surface area contributed by atoms with E-state index in [4.69, 9.17) is 4.74 Å². The molecule has 1 aromatic carbocycles. The summed E-state index contributed by atoms with van der Waals surface area (Å²) in [6.07, 6.45) is 1.13. The molecule has 0 N–H and O–H groups in total. The second-order valence-electron chi connectivity index (χ2n) is 5.57. The molecule has 3 nitrogen and oxygen atoms in total. The second kappa shape index (κ2) is 6.92. The van der Waals surface area contributed by atoms with Crippen LogP contribution >= 0.6 is 0 Å². The lowest BCUT2D eigenvalue weighted by Gasteiger charge is -2.36. The molecule has 0 unspecified atom stereocenters. The molecule has 106 valence electrons. The highest BCUT2D eigenvalue weighted by molar-refractivity contribution is 5.27. The van der Waals surface area contributed by atoms with E-state index < -0.39 is 0 Å². The van der Waals surface area contributed by atoms with Crippen LogP contribution in [0.25, 0.3) is 0 Å². The highest BCUT2D eigenvalue weighted by Gasteiger charge is 2.18. The standard InChI is InChI=1S/C16H26N2O/c1-14(2)18-12-10-17(11-13-18)9-8-15-4-6-16(19-3)7-5-15/h4-7,14H,8-13H2,1-3H3. The molecule has 19 heavy (non-hydrogen) atoms. The molecular formula is C16H26N2O. The number of methoxy groups -OCH3 is 1. The first kappa shape index (κ1) is 14.4. The van der Waals surface area contributed by atoms with Crippen LogP contribution in [0.15, 0.2) is 24.3 Å². The van der Waals surface area contributed by atoms with Gasteiger partial charge in [0, 0.05) is 38.8 Å². The largest absolute Gasteiger partial charge is 0.497 e. The predicted octanol–water partition coefficient (Wildman–Crippen LogP) is 2.26. The normalized spacial score (nSPS) is 17.9. The molecule has 1 fully saturated rings. The van der Waals surface area contributed by atoms with Crippen LogP contribution in [0, 0.1) is 0 Å². The zero-order chi connectivity index (χ0) is 13.7. The van der Waals surface area contributed by atoms with Gasteiger partial charge >= 0.3 is 0 Å². The Labute approximate surface area is 117 Å². The molecule has 3 heteroatoms. The van der Waals surface area contributed by atoms with Gasteiger partial charge in [0.2, 0.25) is 0 Å². The van der Waals surface area contributed by atoms with Gasteiger partial charge in [0.1, 0.15) is 5.75 Å². The minimum atomic E-state index is 0.684. The van der Waals surface area contributed by atoms with Crippen LogP contribution in [0.2, 0.25) is 0 Å². The summed E-state index contributed by atoms with van der Waals surface area (Å²) in [5, 5.41) is 0. The SMILES string of the molecule is COc1ccc(CCN2CCN(C(C)C)CC2)cc1. The Bertz CT molecular complexity index is 367. The van der Waals surface area contributed by atoms with Crippen molar-refractivity contribution in [2.75, 3.05) is 39.8 Å². The van der Waals surface area contributed by atoms with E-state index in [2.05, 4.69) is 35.8 Å². The third kappa shape index (κ3) is 4.22. The molecule has 0 radical (unpaired) electrons. The molecule has 0 spiro atoms. The van der Waals surface area contributed by atoms with Gasteiger partial charge in [-0.1, -0.05) is 12.1 Å². The Kier molecular flexibility index (Phi) is 5.23. The molecular weight excluding hydrogens is 236 g/mol. The number of hydrogen-bond acceptors (Lipinski definition) is 3. The summed E-state index contributed by atoms with van der Waals surface area (Å²) in [6, 6.07) is 9.12. The molecule has 0 atom stereocenters. The number of rotatable bonds is 5. The molecule has 0 amide bonds. The molecule has 1 heterocycles. The molecule has 2 rings (SSSR count). The third-order valence-corrected chi connectivity index (χ3v) is 4.01. The van der Waals surface area contributed by atoms with E-state index >= 15 is 0 Å². The van der Waals surface area contributed by atoms with Gasteiger partial charge < -0.3 is 9.64 Å². The maximum atomic E-state index is 5.18. The van der Waals surface area contributed by atoms with Crippen LogP contribution in [0.4, 0.5) is 0 Å².